The molecule has 3 aromatic heterocycles. The number of carbonyl (C=O) groups is 2. The first-order valence-corrected chi connectivity index (χ1v) is 8.53. The molecule has 14 heteroatoms. The summed E-state index contributed by atoms with van der Waals surface area (Å²) in [5.41, 5.74) is 20.7. The monoisotopic (exact) mass is 449 g/mol. The smallest absolute Gasteiger partial charge is 0.475 e. The molecule has 0 saturated carbocycles. The summed E-state index contributed by atoms with van der Waals surface area (Å²) in [6.07, 6.45) is -0.0973. The zero-order valence-electron chi connectivity index (χ0n) is 15.8. The molecule has 0 aliphatic rings. The molecule has 0 radical (unpaired) electrons. The second-order valence-electron chi connectivity index (χ2n) is 6.25. The number of nitrogens with zero attached hydrogens (tertiary/aromatic N) is 3. The first-order valence-electron chi connectivity index (χ1n) is 8.53. The molecule has 0 aliphatic carbocycles. The van der Waals surface area contributed by atoms with Crippen molar-refractivity contribution in [2.24, 2.45) is 5.73 Å². The maximum Gasteiger partial charge on any atom is 0.490 e. The number of H-pyrrole nitrogens is 1. The quantitative estimate of drug-likeness (QED) is 0.291. The van der Waals surface area contributed by atoms with Crippen LogP contribution in [0.15, 0.2) is 41.3 Å². The van der Waals surface area contributed by atoms with E-state index in [9.17, 15) is 18.0 Å². The summed E-state index contributed by atoms with van der Waals surface area (Å²) >= 11 is 0. The number of carboxylic acids is 1. The fourth-order valence-corrected chi connectivity index (χ4v) is 2.71. The maximum atomic E-state index is 11.6. The Morgan fingerprint density at radius 1 is 1.12 bits per heavy atom. The molecule has 32 heavy (non-hydrogen) atoms. The number of rotatable bonds is 3. The topological polar surface area (TPSA) is 200 Å². The summed E-state index contributed by atoms with van der Waals surface area (Å²) in [4.78, 5) is 24.9. The van der Waals surface area contributed by atoms with Gasteiger partial charge in [-0.05, 0) is 12.1 Å². The molecule has 0 aliphatic heterocycles. The summed E-state index contributed by atoms with van der Waals surface area (Å²) in [5.74, 6) is -3.18. The Labute approximate surface area is 176 Å². The largest absolute Gasteiger partial charge is 0.490 e. The van der Waals surface area contributed by atoms with E-state index in [0.29, 0.717) is 33.5 Å². The SMILES string of the molecule is NC(=O)c1cc(-c2ncc(-c3cn[nH]c3)c3onc(N)c23)ccc1N.O=C(O)C(F)(F)F. The van der Waals surface area contributed by atoms with E-state index in [4.69, 9.17) is 31.6 Å². The fraction of sp³-hybridized carbons (Fsp3) is 0.0556. The molecule has 11 nitrogen and oxygen atoms in total. The molecule has 3 heterocycles. The van der Waals surface area contributed by atoms with E-state index < -0.39 is 18.1 Å². The van der Waals surface area contributed by atoms with E-state index in [-0.39, 0.29) is 11.4 Å². The van der Waals surface area contributed by atoms with E-state index in [2.05, 4.69) is 20.3 Å². The van der Waals surface area contributed by atoms with Crippen LogP contribution < -0.4 is 17.2 Å². The van der Waals surface area contributed by atoms with Gasteiger partial charge in [-0.15, -0.1) is 0 Å². The van der Waals surface area contributed by atoms with Gasteiger partial charge in [-0.3, -0.25) is 14.9 Å². The van der Waals surface area contributed by atoms with Gasteiger partial charge in [-0.1, -0.05) is 11.2 Å². The average molecular weight is 449 g/mol. The minimum absolute atomic E-state index is 0.195. The number of anilines is 2. The van der Waals surface area contributed by atoms with Crippen molar-refractivity contribution in [1.82, 2.24) is 20.3 Å². The standard InChI is InChI=1S/C16H13N7O2.C2HF3O2/c17-11-2-1-7(3-9(11)16(19)24)13-12-14(25-23-15(12)18)10(6-20-13)8-4-21-22-5-8;3-2(4,5)1(6)7/h1-6H,17H2,(H2,18,23)(H2,19,24)(H,21,22);(H,6,7). The number of hydrogen-bond donors (Lipinski definition) is 5. The van der Waals surface area contributed by atoms with Crippen LogP contribution in [0.5, 0.6) is 0 Å². The summed E-state index contributed by atoms with van der Waals surface area (Å²) in [5, 5.41) is 18.2. The van der Waals surface area contributed by atoms with Crippen molar-refractivity contribution in [3.63, 3.8) is 0 Å². The zero-order chi connectivity index (χ0) is 23.6. The van der Waals surface area contributed by atoms with Gasteiger partial charge in [-0.2, -0.15) is 18.3 Å². The molecule has 166 valence electrons. The summed E-state index contributed by atoms with van der Waals surface area (Å²) in [6, 6.07) is 4.90. The zero-order valence-corrected chi connectivity index (χ0v) is 15.8. The number of benzene rings is 1. The average Bonchev–Trinajstić information content (AvgIpc) is 3.38. The van der Waals surface area contributed by atoms with Crippen LogP contribution in [0.25, 0.3) is 33.4 Å². The van der Waals surface area contributed by atoms with Crippen molar-refractivity contribution in [3.8, 4) is 22.4 Å². The highest BCUT2D eigenvalue weighted by Gasteiger charge is 2.38. The van der Waals surface area contributed by atoms with Crippen LogP contribution >= 0.6 is 0 Å². The van der Waals surface area contributed by atoms with Crippen molar-refractivity contribution in [3.05, 3.63) is 42.4 Å². The Morgan fingerprint density at radius 3 is 2.38 bits per heavy atom. The lowest BCUT2D eigenvalue weighted by molar-refractivity contribution is -0.192. The molecular formula is C18H14F3N7O4. The number of hydrogen-bond acceptors (Lipinski definition) is 8. The van der Waals surface area contributed by atoms with Gasteiger partial charge in [-0.25, -0.2) is 4.79 Å². The molecule has 4 aromatic rings. The number of fused-ring (bicyclic) bond motifs is 1. The van der Waals surface area contributed by atoms with Crippen molar-refractivity contribution in [2.45, 2.75) is 6.18 Å². The Balaban J connectivity index is 0.000000360. The number of carboxylic acid groups (broad SMARTS) is 1. The molecular weight excluding hydrogens is 435 g/mol. The van der Waals surface area contributed by atoms with Gasteiger partial charge in [0.25, 0.3) is 5.91 Å². The van der Waals surface area contributed by atoms with Crippen LogP contribution in [0, 0.1) is 0 Å². The molecule has 0 saturated heterocycles. The van der Waals surface area contributed by atoms with Crippen molar-refractivity contribution in [2.75, 3.05) is 11.5 Å². The Hall–Kier alpha value is -4.62. The molecule has 1 aromatic carbocycles. The maximum absolute atomic E-state index is 11.6. The van der Waals surface area contributed by atoms with Crippen LogP contribution in [0.4, 0.5) is 24.7 Å². The van der Waals surface area contributed by atoms with Gasteiger partial charge in [0, 0.05) is 34.8 Å². The van der Waals surface area contributed by atoms with Crippen molar-refractivity contribution < 1.29 is 32.4 Å². The molecule has 0 bridgehead atoms. The number of halogens is 3. The van der Waals surface area contributed by atoms with Gasteiger partial charge < -0.3 is 26.8 Å². The number of nitrogen functional groups attached to an aromatic ring is 2. The summed E-state index contributed by atoms with van der Waals surface area (Å²) in [6.45, 7) is 0. The highest BCUT2D eigenvalue weighted by molar-refractivity contribution is 6.06. The number of amides is 1. The minimum Gasteiger partial charge on any atom is -0.475 e. The Kier molecular flexibility index (Phi) is 5.69. The minimum atomic E-state index is -5.08. The number of nitrogens with one attached hydrogen (secondary N) is 1. The third-order valence-corrected chi connectivity index (χ3v) is 4.17. The Morgan fingerprint density at radius 2 is 1.81 bits per heavy atom. The van der Waals surface area contributed by atoms with Gasteiger partial charge in [0.1, 0.15) is 0 Å². The fourth-order valence-electron chi connectivity index (χ4n) is 2.71. The highest BCUT2D eigenvalue weighted by atomic mass is 19.4. The summed E-state index contributed by atoms with van der Waals surface area (Å²) in [7, 11) is 0. The number of aliphatic carboxylic acids is 1. The predicted molar refractivity (Wildman–Crippen MR) is 106 cm³/mol. The third kappa shape index (κ3) is 4.28. The van der Waals surface area contributed by atoms with E-state index in [1.807, 2.05) is 0 Å². The number of primary amides is 1. The highest BCUT2D eigenvalue weighted by Crippen LogP contribution is 2.37. The normalized spacial score (nSPS) is 11.1. The molecule has 0 unspecified atom stereocenters. The van der Waals surface area contributed by atoms with Gasteiger partial charge in [0.05, 0.1) is 22.8 Å². The van der Waals surface area contributed by atoms with Crippen LogP contribution in [0.3, 0.4) is 0 Å². The second-order valence-corrected chi connectivity index (χ2v) is 6.25. The number of aromatic nitrogens is 4. The van der Waals surface area contributed by atoms with Crippen LogP contribution in [-0.2, 0) is 4.79 Å². The van der Waals surface area contributed by atoms with Crippen LogP contribution in [-0.4, -0.2) is 43.5 Å². The Bertz CT molecular complexity index is 1300. The van der Waals surface area contributed by atoms with Crippen LogP contribution in [0.1, 0.15) is 10.4 Å². The lowest BCUT2D eigenvalue weighted by Crippen LogP contribution is -2.21. The third-order valence-electron chi connectivity index (χ3n) is 4.17. The molecule has 0 fully saturated rings. The van der Waals surface area contributed by atoms with Gasteiger partial charge in [0.2, 0.25) is 0 Å². The number of aromatic amines is 1. The van der Waals surface area contributed by atoms with E-state index in [0.717, 1.165) is 5.56 Å². The van der Waals surface area contributed by atoms with Crippen LogP contribution in [0.2, 0.25) is 0 Å². The van der Waals surface area contributed by atoms with Crippen molar-refractivity contribution in [1.29, 1.82) is 0 Å². The summed E-state index contributed by atoms with van der Waals surface area (Å²) < 4.78 is 37.1. The van der Waals surface area contributed by atoms with E-state index in [1.165, 1.54) is 0 Å². The number of nitrogens with two attached hydrogens (primary N) is 3. The molecule has 4 rings (SSSR count). The number of carbonyl (C=O) groups excluding carboxylic acids is 1. The molecule has 0 atom stereocenters. The van der Waals surface area contributed by atoms with E-state index >= 15 is 0 Å². The molecule has 1 amide bonds. The predicted octanol–water partition coefficient (Wildman–Crippen LogP) is 2.18. The first kappa shape index (κ1) is 22.1. The lowest BCUT2D eigenvalue weighted by atomic mass is 10.0. The lowest BCUT2D eigenvalue weighted by Gasteiger charge is -2.08. The van der Waals surface area contributed by atoms with Gasteiger partial charge in [0.15, 0.2) is 11.4 Å². The molecule has 0 spiro atoms. The first-order chi connectivity index (χ1) is 15.0. The second kappa shape index (κ2) is 8.25. The number of alkyl halides is 3. The molecule has 8 N–H and O–H groups in total. The van der Waals surface area contributed by atoms with E-state index in [1.54, 1.807) is 36.8 Å². The van der Waals surface area contributed by atoms with Gasteiger partial charge >= 0.3 is 12.1 Å². The number of pyridine rings is 1. The van der Waals surface area contributed by atoms with Crippen molar-refractivity contribution >= 4 is 34.4 Å².